The molecule has 180 valence electrons. The van der Waals surface area contributed by atoms with Gasteiger partial charge in [-0.15, -0.1) is 0 Å². The first kappa shape index (κ1) is 24.0. The molecule has 0 saturated carbocycles. The van der Waals surface area contributed by atoms with Gasteiger partial charge in [0.15, 0.2) is 4.21 Å². The van der Waals surface area contributed by atoms with Crippen molar-refractivity contribution in [1.29, 1.82) is 0 Å². The van der Waals surface area contributed by atoms with E-state index in [9.17, 15) is 18.5 Å². The summed E-state index contributed by atoms with van der Waals surface area (Å²) in [5.41, 5.74) is -0.138. The van der Waals surface area contributed by atoms with Gasteiger partial charge in [0.25, 0.3) is 15.1 Å². The van der Waals surface area contributed by atoms with E-state index in [-0.39, 0.29) is 32.9 Å². The third-order valence-corrected chi connectivity index (χ3v) is 8.57. The molecule has 0 bridgehead atoms. The Morgan fingerprint density at radius 1 is 1.21 bits per heavy atom. The summed E-state index contributed by atoms with van der Waals surface area (Å²) in [6.07, 6.45) is 1.71. The van der Waals surface area contributed by atoms with Gasteiger partial charge >= 0.3 is 5.69 Å². The fraction of sp³-hybridized carbons (Fsp3) is 0.500. The average molecular weight is 518 g/mol. The average Bonchev–Trinajstić information content (AvgIpc) is 3.38. The van der Waals surface area contributed by atoms with Gasteiger partial charge in [-0.1, -0.05) is 22.9 Å². The maximum Gasteiger partial charge on any atom is 0.323 e. The van der Waals surface area contributed by atoms with E-state index >= 15 is 0 Å². The topological polar surface area (TPSA) is 120 Å². The molecular weight excluding hydrogens is 494 g/mol. The van der Waals surface area contributed by atoms with Gasteiger partial charge in [-0.05, 0) is 25.6 Å². The Morgan fingerprint density at radius 2 is 1.97 bits per heavy atom. The zero-order valence-corrected chi connectivity index (χ0v) is 20.2. The minimum atomic E-state index is -4.10. The van der Waals surface area contributed by atoms with Crippen LogP contribution >= 0.6 is 22.9 Å². The van der Waals surface area contributed by atoms with Crippen molar-refractivity contribution < 1.29 is 27.6 Å². The second kappa shape index (κ2) is 10.0. The summed E-state index contributed by atoms with van der Waals surface area (Å²) in [5.74, 6) is 0.373. The van der Waals surface area contributed by atoms with E-state index < -0.39 is 14.9 Å². The van der Waals surface area contributed by atoms with Crippen LogP contribution in [0.4, 0.5) is 11.4 Å². The molecular formula is C20H24ClN3O7S2. The number of hydrogen-bond acceptors (Lipinski definition) is 9. The highest BCUT2D eigenvalue weighted by atomic mass is 35.5. The lowest BCUT2D eigenvalue weighted by molar-refractivity contribution is -0.385. The largest absolute Gasteiger partial charge is 0.487 e. The number of sulfonamides is 1. The molecule has 1 aromatic carbocycles. The number of likely N-dealkylation sites (tertiary alicyclic amines) is 1. The van der Waals surface area contributed by atoms with E-state index in [0.29, 0.717) is 36.8 Å². The summed E-state index contributed by atoms with van der Waals surface area (Å²) in [4.78, 5) is 13.0. The molecule has 2 fully saturated rings. The highest BCUT2D eigenvalue weighted by Crippen LogP contribution is 2.41. The van der Waals surface area contributed by atoms with Crippen LogP contribution in [0.3, 0.4) is 0 Å². The SMILES string of the molecule is CN1CC[C@@H](Oc2cc(NS(=O)(=O)c3cc([N+](=O)[O-])c(OC4CCOCC4)s3)ccc2Cl)C1. The first-order valence-corrected chi connectivity index (χ1v) is 13.1. The Balaban J connectivity index is 1.53. The van der Waals surface area contributed by atoms with Gasteiger partial charge in [-0.2, -0.15) is 0 Å². The minimum absolute atomic E-state index is 0.0299. The van der Waals surface area contributed by atoms with Gasteiger partial charge in [0, 0.05) is 32.0 Å². The fourth-order valence-electron chi connectivity index (χ4n) is 3.67. The summed E-state index contributed by atoms with van der Waals surface area (Å²) in [5, 5.41) is 11.8. The molecule has 3 heterocycles. The number of benzene rings is 1. The Kier molecular flexibility index (Phi) is 7.29. The number of ether oxygens (including phenoxy) is 3. The van der Waals surface area contributed by atoms with Crippen LogP contribution in [0, 0.1) is 10.1 Å². The van der Waals surface area contributed by atoms with Crippen molar-refractivity contribution in [3.8, 4) is 10.8 Å². The second-order valence-electron chi connectivity index (χ2n) is 7.97. The zero-order valence-electron chi connectivity index (χ0n) is 17.9. The monoisotopic (exact) mass is 517 g/mol. The third kappa shape index (κ3) is 5.87. The Bertz CT molecular complexity index is 1120. The summed E-state index contributed by atoms with van der Waals surface area (Å²) in [7, 11) is -2.11. The van der Waals surface area contributed by atoms with Gasteiger partial charge in [-0.3, -0.25) is 14.8 Å². The van der Waals surface area contributed by atoms with Gasteiger partial charge < -0.3 is 19.1 Å². The van der Waals surface area contributed by atoms with Crippen molar-refractivity contribution in [1.82, 2.24) is 4.90 Å². The van der Waals surface area contributed by atoms with Crippen LogP contribution in [0.5, 0.6) is 10.8 Å². The van der Waals surface area contributed by atoms with Gasteiger partial charge in [0.05, 0.1) is 34.9 Å². The predicted molar refractivity (Wildman–Crippen MR) is 124 cm³/mol. The van der Waals surface area contributed by atoms with Crippen molar-refractivity contribution in [2.45, 2.75) is 35.7 Å². The molecule has 0 aliphatic carbocycles. The predicted octanol–water partition coefficient (Wildman–Crippen LogP) is 3.75. The number of halogens is 1. The molecule has 2 aliphatic heterocycles. The van der Waals surface area contributed by atoms with Crippen molar-refractivity contribution in [2.24, 2.45) is 0 Å². The van der Waals surface area contributed by atoms with Crippen molar-refractivity contribution >= 4 is 44.3 Å². The quantitative estimate of drug-likeness (QED) is 0.415. The molecule has 1 atom stereocenters. The van der Waals surface area contributed by atoms with Crippen LogP contribution < -0.4 is 14.2 Å². The standard InChI is InChI=1S/C20H24ClN3O7S2/c1-23-7-4-15(12-23)30-18-10-13(2-3-16(18)21)22-33(27,28)19-11-17(24(25)26)20(32-19)31-14-5-8-29-9-6-14/h2-3,10-11,14-15,22H,4-9,12H2,1H3/t15-/m1/s1. The van der Waals surface area contributed by atoms with Crippen LogP contribution in [0.15, 0.2) is 28.5 Å². The molecule has 33 heavy (non-hydrogen) atoms. The normalized spacial score (nSPS) is 20.0. The molecule has 0 spiro atoms. The molecule has 13 heteroatoms. The van der Waals surface area contributed by atoms with E-state index in [0.717, 1.165) is 36.9 Å². The number of nitrogens with zero attached hydrogens (tertiary/aromatic N) is 2. The van der Waals surface area contributed by atoms with Crippen LogP contribution in [0.2, 0.25) is 5.02 Å². The lowest BCUT2D eigenvalue weighted by Gasteiger charge is -2.22. The Morgan fingerprint density at radius 3 is 2.64 bits per heavy atom. The zero-order chi connectivity index (χ0) is 23.6. The van der Waals surface area contributed by atoms with Gasteiger partial charge in [-0.25, -0.2) is 8.42 Å². The number of thiophene rings is 1. The van der Waals surface area contributed by atoms with Crippen LogP contribution in [-0.2, 0) is 14.8 Å². The van der Waals surface area contributed by atoms with Crippen molar-refractivity contribution in [3.05, 3.63) is 39.4 Å². The number of anilines is 1. The summed E-state index contributed by atoms with van der Waals surface area (Å²) in [6, 6.07) is 5.59. The Hall–Kier alpha value is -2.12. The number of hydrogen-bond donors (Lipinski definition) is 1. The van der Waals surface area contributed by atoms with Crippen LogP contribution in [0.25, 0.3) is 0 Å². The molecule has 1 aromatic heterocycles. The van der Waals surface area contributed by atoms with Crippen LogP contribution in [-0.4, -0.2) is 63.8 Å². The van der Waals surface area contributed by atoms with E-state index in [2.05, 4.69) is 9.62 Å². The molecule has 10 nitrogen and oxygen atoms in total. The molecule has 0 unspecified atom stereocenters. The van der Waals surface area contributed by atoms with E-state index in [1.165, 1.54) is 12.1 Å². The van der Waals surface area contributed by atoms with Crippen LogP contribution in [0.1, 0.15) is 19.3 Å². The molecule has 0 amide bonds. The van der Waals surface area contributed by atoms with Gasteiger partial charge in [0.2, 0.25) is 0 Å². The molecule has 1 N–H and O–H groups in total. The smallest absolute Gasteiger partial charge is 0.323 e. The van der Waals surface area contributed by atoms with Crippen molar-refractivity contribution in [2.75, 3.05) is 38.1 Å². The third-order valence-electron chi connectivity index (χ3n) is 5.39. The maximum atomic E-state index is 13.0. The molecule has 2 aromatic rings. The highest BCUT2D eigenvalue weighted by molar-refractivity contribution is 7.94. The number of nitro groups is 1. The number of likely N-dealkylation sites (N-methyl/N-ethyl adjacent to an activating group) is 1. The van der Waals surface area contributed by atoms with E-state index in [1.54, 1.807) is 6.07 Å². The second-order valence-corrected chi connectivity index (χ2v) is 11.3. The van der Waals surface area contributed by atoms with Gasteiger partial charge in [0.1, 0.15) is 18.0 Å². The fourth-order valence-corrected chi connectivity index (χ4v) is 6.20. The number of nitrogens with one attached hydrogen (secondary N) is 1. The first-order chi connectivity index (χ1) is 15.7. The lowest BCUT2D eigenvalue weighted by atomic mass is 10.2. The number of rotatable bonds is 8. The Labute approximate surface area is 200 Å². The highest BCUT2D eigenvalue weighted by Gasteiger charge is 2.30. The summed E-state index contributed by atoms with van der Waals surface area (Å²) < 4.78 is 45.2. The summed E-state index contributed by atoms with van der Waals surface area (Å²) >= 11 is 6.96. The molecule has 4 rings (SSSR count). The van der Waals surface area contributed by atoms with E-state index in [4.69, 9.17) is 25.8 Å². The summed E-state index contributed by atoms with van der Waals surface area (Å²) in [6.45, 7) is 2.65. The minimum Gasteiger partial charge on any atom is -0.487 e. The molecule has 2 aliphatic rings. The molecule has 0 radical (unpaired) electrons. The lowest BCUT2D eigenvalue weighted by Crippen LogP contribution is -2.25. The van der Waals surface area contributed by atoms with Crippen molar-refractivity contribution in [3.63, 3.8) is 0 Å². The van der Waals surface area contributed by atoms with E-state index in [1.807, 2.05) is 7.05 Å². The first-order valence-electron chi connectivity index (χ1n) is 10.4. The maximum absolute atomic E-state index is 13.0. The molecule has 2 saturated heterocycles.